The van der Waals surface area contributed by atoms with Crippen molar-refractivity contribution in [3.63, 3.8) is 0 Å². The Labute approximate surface area is 76.0 Å². The lowest BCUT2D eigenvalue weighted by Crippen LogP contribution is -2.25. The summed E-state index contributed by atoms with van der Waals surface area (Å²) in [5, 5.41) is 8.52. The summed E-state index contributed by atoms with van der Waals surface area (Å²) in [7, 11) is 0. The molecule has 5 heteroatoms. The summed E-state index contributed by atoms with van der Waals surface area (Å²) < 4.78 is 0. The van der Waals surface area contributed by atoms with Crippen molar-refractivity contribution in [2.75, 3.05) is 0 Å². The van der Waals surface area contributed by atoms with Crippen LogP contribution >= 0.6 is 11.8 Å². The van der Waals surface area contributed by atoms with Crippen LogP contribution in [0.25, 0.3) is 0 Å². The second kappa shape index (κ2) is 4.98. The summed E-state index contributed by atoms with van der Waals surface area (Å²) in [6, 6.07) is 0. The lowest BCUT2D eigenvalue weighted by molar-refractivity contribution is -0.141. The summed E-state index contributed by atoms with van der Waals surface area (Å²) in [5.74, 6) is -2.13. The van der Waals surface area contributed by atoms with E-state index >= 15 is 0 Å². The Morgan fingerprint density at radius 2 is 1.92 bits per heavy atom. The Hall–Kier alpha value is -0.770. The molecule has 0 radical (unpaired) electrons. The first-order valence-corrected chi connectivity index (χ1v) is 4.00. The van der Waals surface area contributed by atoms with Crippen LogP contribution in [0.1, 0.15) is 20.3 Å². The first-order chi connectivity index (χ1) is 5.49. The van der Waals surface area contributed by atoms with Gasteiger partial charge in [0.15, 0.2) is 0 Å². The highest BCUT2D eigenvalue weighted by molar-refractivity contribution is 6.21. The second-order valence-corrected chi connectivity index (χ2v) is 3.02. The average Bonchev–Trinajstić information content (AvgIpc) is 2.02. The molecule has 1 amide bonds. The van der Waals surface area contributed by atoms with Crippen molar-refractivity contribution in [2.45, 2.75) is 20.3 Å². The summed E-state index contributed by atoms with van der Waals surface area (Å²) in [5.41, 5.74) is 0. The molecular weight excluding hydrogens is 182 g/mol. The first-order valence-electron chi connectivity index (χ1n) is 3.62. The monoisotopic (exact) mass is 193 g/mol. The molecule has 0 saturated carbocycles. The fourth-order valence-electron chi connectivity index (χ4n) is 0.831. The molecule has 2 unspecified atom stereocenters. The second-order valence-electron chi connectivity index (χ2n) is 2.83. The average molecular weight is 194 g/mol. The van der Waals surface area contributed by atoms with Gasteiger partial charge in [-0.05, 0) is 6.42 Å². The van der Waals surface area contributed by atoms with Gasteiger partial charge in [0.1, 0.15) is 0 Å². The molecule has 0 rings (SSSR count). The zero-order valence-corrected chi connectivity index (χ0v) is 7.76. The minimum Gasteiger partial charge on any atom is -0.481 e. The maximum absolute atomic E-state index is 10.8. The lowest BCUT2D eigenvalue weighted by atomic mass is 9.97. The number of rotatable bonds is 4. The Balaban J connectivity index is 3.91. The molecule has 0 aromatic rings. The number of halogens is 1. The van der Waals surface area contributed by atoms with Crippen LogP contribution in [0.5, 0.6) is 0 Å². The standard InChI is InChI=1S/C7H12ClNO3/c1-4(6(10)9-8)3-5(2)7(11)12/h4-5H,3H2,1-2H3,(H,9,10)(H,11,12). The molecule has 0 spiro atoms. The molecule has 2 N–H and O–H groups in total. The van der Waals surface area contributed by atoms with Crippen LogP contribution in [0, 0.1) is 11.8 Å². The molecule has 4 nitrogen and oxygen atoms in total. The van der Waals surface area contributed by atoms with Gasteiger partial charge in [-0.15, -0.1) is 0 Å². The van der Waals surface area contributed by atoms with E-state index in [2.05, 4.69) is 0 Å². The first kappa shape index (κ1) is 11.2. The molecule has 0 aromatic heterocycles. The van der Waals surface area contributed by atoms with E-state index in [-0.39, 0.29) is 11.8 Å². The molecular formula is C7H12ClNO3. The van der Waals surface area contributed by atoms with Gasteiger partial charge in [0.05, 0.1) is 5.92 Å². The molecule has 12 heavy (non-hydrogen) atoms. The van der Waals surface area contributed by atoms with Crippen molar-refractivity contribution < 1.29 is 14.7 Å². The van der Waals surface area contributed by atoms with Gasteiger partial charge in [0, 0.05) is 17.7 Å². The van der Waals surface area contributed by atoms with Gasteiger partial charge in [0.2, 0.25) is 5.91 Å². The molecule has 0 aliphatic rings. The van der Waals surface area contributed by atoms with Crippen LogP contribution in [0.2, 0.25) is 0 Å². The fourth-order valence-corrected chi connectivity index (χ4v) is 1.02. The third-order valence-electron chi connectivity index (χ3n) is 1.67. The van der Waals surface area contributed by atoms with E-state index < -0.39 is 11.9 Å². The molecule has 0 fully saturated rings. The van der Waals surface area contributed by atoms with Gasteiger partial charge in [-0.1, -0.05) is 13.8 Å². The van der Waals surface area contributed by atoms with Gasteiger partial charge in [-0.2, -0.15) is 0 Å². The Bertz CT molecular complexity index is 183. The molecule has 2 atom stereocenters. The third-order valence-corrected chi connectivity index (χ3v) is 1.86. The molecule has 70 valence electrons. The van der Waals surface area contributed by atoms with Gasteiger partial charge < -0.3 is 5.11 Å². The van der Waals surface area contributed by atoms with Crippen molar-refractivity contribution in [3.8, 4) is 0 Å². The van der Waals surface area contributed by atoms with Crippen molar-refractivity contribution in [3.05, 3.63) is 0 Å². The fraction of sp³-hybridized carbons (Fsp3) is 0.714. The number of aliphatic carboxylic acids is 1. The van der Waals surface area contributed by atoms with Gasteiger partial charge in [-0.25, -0.2) is 0 Å². The number of hydrogen-bond acceptors (Lipinski definition) is 2. The number of nitrogens with one attached hydrogen (secondary N) is 1. The number of carboxylic acid groups (broad SMARTS) is 1. The highest BCUT2D eigenvalue weighted by Gasteiger charge is 2.19. The number of carbonyl (C=O) groups is 2. The van der Waals surface area contributed by atoms with Crippen LogP contribution in [0.4, 0.5) is 0 Å². The Morgan fingerprint density at radius 3 is 2.25 bits per heavy atom. The minimum atomic E-state index is -0.899. The van der Waals surface area contributed by atoms with E-state index in [1.165, 1.54) is 0 Å². The van der Waals surface area contributed by atoms with Crippen molar-refractivity contribution in [1.29, 1.82) is 0 Å². The van der Waals surface area contributed by atoms with Crippen LogP contribution < -0.4 is 4.84 Å². The summed E-state index contributed by atoms with van der Waals surface area (Å²) >= 11 is 5.06. The van der Waals surface area contributed by atoms with Crippen LogP contribution in [-0.2, 0) is 9.59 Å². The lowest BCUT2D eigenvalue weighted by Gasteiger charge is -2.11. The molecule has 0 heterocycles. The molecule has 0 aromatic carbocycles. The number of hydrogen-bond donors (Lipinski definition) is 2. The van der Waals surface area contributed by atoms with E-state index in [1.54, 1.807) is 13.8 Å². The highest BCUT2D eigenvalue weighted by Crippen LogP contribution is 2.11. The van der Waals surface area contributed by atoms with E-state index in [9.17, 15) is 9.59 Å². The largest absolute Gasteiger partial charge is 0.481 e. The van der Waals surface area contributed by atoms with Gasteiger partial charge >= 0.3 is 5.97 Å². The Morgan fingerprint density at radius 1 is 1.42 bits per heavy atom. The van der Waals surface area contributed by atoms with E-state index in [0.717, 1.165) is 0 Å². The number of carboxylic acids is 1. The Kier molecular flexibility index (Phi) is 4.66. The van der Waals surface area contributed by atoms with Crippen molar-refractivity contribution >= 4 is 23.7 Å². The SMILES string of the molecule is CC(CC(C)C(=O)NCl)C(=O)O. The number of carbonyl (C=O) groups excluding carboxylic acids is 1. The zero-order valence-electron chi connectivity index (χ0n) is 7.00. The summed E-state index contributed by atoms with van der Waals surface area (Å²) in [6.45, 7) is 3.19. The number of amides is 1. The predicted octanol–water partition coefficient (Wildman–Crippen LogP) is 1.00. The molecule has 0 aliphatic heterocycles. The van der Waals surface area contributed by atoms with Crippen LogP contribution in [0.15, 0.2) is 0 Å². The quantitative estimate of drug-likeness (QED) is 0.655. The molecule has 0 saturated heterocycles. The zero-order chi connectivity index (χ0) is 9.72. The topological polar surface area (TPSA) is 66.4 Å². The van der Waals surface area contributed by atoms with Gasteiger partial charge in [0.25, 0.3) is 0 Å². The highest BCUT2D eigenvalue weighted by atomic mass is 35.5. The molecule has 0 bridgehead atoms. The smallest absolute Gasteiger partial charge is 0.306 e. The summed E-state index contributed by atoms with van der Waals surface area (Å²) in [6.07, 6.45) is 0.299. The van der Waals surface area contributed by atoms with Crippen molar-refractivity contribution in [2.24, 2.45) is 11.8 Å². The van der Waals surface area contributed by atoms with E-state index in [4.69, 9.17) is 16.9 Å². The van der Waals surface area contributed by atoms with Crippen LogP contribution in [0.3, 0.4) is 0 Å². The van der Waals surface area contributed by atoms with Crippen LogP contribution in [-0.4, -0.2) is 17.0 Å². The molecule has 0 aliphatic carbocycles. The normalized spacial score (nSPS) is 14.9. The third kappa shape index (κ3) is 3.57. The van der Waals surface area contributed by atoms with Crippen molar-refractivity contribution in [1.82, 2.24) is 4.84 Å². The minimum absolute atomic E-state index is 0.299. The maximum atomic E-state index is 10.8. The predicted molar refractivity (Wildman–Crippen MR) is 44.6 cm³/mol. The van der Waals surface area contributed by atoms with E-state index in [1.807, 2.05) is 4.84 Å². The van der Waals surface area contributed by atoms with Gasteiger partial charge in [-0.3, -0.25) is 14.4 Å². The summed E-state index contributed by atoms with van der Waals surface area (Å²) in [4.78, 5) is 23.2. The van der Waals surface area contributed by atoms with E-state index in [0.29, 0.717) is 6.42 Å². The maximum Gasteiger partial charge on any atom is 0.306 e.